The van der Waals surface area contributed by atoms with E-state index >= 15 is 0 Å². The molecule has 1 heterocycles. The second-order valence-corrected chi connectivity index (χ2v) is 7.05. The molecule has 2 atom stereocenters. The van der Waals surface area contributed by atoms with Crippen LogP contribution in [0.25, 0.3) is 0 Å². The Morgan fingerprint density at radius 3 is 3.08 bits per heavy atom. The Morgan fingerprint density at radius 1 is 1.48 bits per heavy atom. The SMILES string of the molecule is CC(=O)N[C@@H]1CCCC[C@]12CN(Cc1cccc([N+](=O)[O-])c1)CCO2. The second kappa shape index (κ2) is 7.49. The number of morpholine rings is 1. The van der Waals surface area contributed by atoms with Crippen molar-refractivity contribution in [1.29, 1.82) is 0 Å². The van der Waals surface area contributed by atoms with Crippen LogP contribution in [0, 0.1) is 10.1 Å². The molecule has 0 bridgehead atoms. The maximum Gasteiger partial charge on any atom is 0.269 e. The normalized spacial score (nSPS) is 27.2. The van der Waals surface area contributed by atoms with Crippen LogP contribution in [0.3, 0.4) is 0 Å². The summed E-state index contributed by atoms with van der Waals surface area (Å²) in [5.74, 6) is -0.0225. The van der Waals surface area contributed by atoms with E-state index in [0.717, 1.165) is 44.3 Å². The van der Waals surface area contributed by atoms with E-state index in [1.807, 2.05) is 6.07 Å². The van der Waals surface area contributed by atoms with Crippen LogP contribution in [0.5, 0.6) is 0 Å². The number of carbonyl (C=O) groups is 1. The van der Waals surface area contributed by atoms with Gasteiger partial charge in [-0.1, -0.05) is 25.0 Å². The minimum Gasteiger partial charge on any atom is -0.370 e. The molecule has 1 saturated heterocycles. The molecule has 2 fully saturated rings. The van der Waals surface area contributed by atoms with Crippen molar-refractivity contribution >= 4 is 11.6 Å². The highest BCUT2D eigenvalue weighted by Crippen LogP contribution is 2.35. The summed E-state index contributed by atoms with van der Waals surface area (Å²) < 4.78 is 6.19. The summed E-state index contributed by atoms with van der Waals surface area (Å²) in [5, 5.41) is 14.0. The van der Waals surface area contributed by atoms with Crippen molar-refractivity contribution in [2.45, 2.75) is 50.8 Å². The van der Waals surface area contributed by atoms with Gasteiger partial charge in [0.25, 0.3) is 5.69 Å². The quantitative estimate of drug-likeness (QED) is 0.667. The number of nitro benzene ring substituents is 1. The minimum atomic E-state index is -0.363. The zero-order valence-corrected chi connectivity index (χ0v) is 14.6. The molecule has 1 spiro atoms. The standard InChI is InChI=1S/C18H25N3O4/c1-14(22)19-17-7-2-3-8-18(17)13-20(9-10-25-18)12-15-5-4-6-16(11-15)21(23)24/h4-6,11,17H,2-3,7-10,12-13H2,1H3,(H,19,22)/t17-,18+/m1/s1. The lowest BCUT2D eigenvalue weighted by Crippen LogP contribution is -2.63. The number of hydrogen-bond donors (Lipinski definition) is 1. The van der Waals surface area contributed by atoms with Gasteiger partial charge in [-0.3, -0.25) is 19.8 Å². The van der Waals surface area contributed by atoms with E-state index in [9.17, 15) is 14.9 Å². The highest BCUT2D eigenvalue weighted by atomic mass is 16.6. The number of benzene rings is 1. The fourth-order valence-corrected chi connectivity index (χ4v) is 4.06. The topological polar surface area (TPSA) is 84.7 Å². The molecule has 2 aliphatic rings. The van der Waals surface area contributed by atoms with Gasteiger partial charge in [0.2, 0.25) is 5.91 Å². The van der Waals surface area contributed by atoms with Crippen LogP contribution in [0.4, 0.5) is 5.69 Å². The van der Waals surface area contributed by atoms with Gasteiger partial charge in [0.15, 0.2) is 0 Å². The fourth-order valence-electron chi connectivity index (χ4n) is 4.06. The first-order chi connectivity index (χ1) is 12.0. The largest absolute Gasteiger partial charge is 0.370 e. The summed E-state index contributed by atoms with van der Waals surface area (Å²) in [6.45, 7) is 4.34. The van der Waals surface area contributed by atoms with E-state index in [1.54, 1.807) is 19.1 Å². The van der Waals surface area contributed by atoms with Gasteiger partial charge in [-0.25, -0.2) is 0 Å². The molecule has 1 aromatic carbocycles. The van der Waals surface area contributed by atoms with Crippen LogP contribution >= 0.6 is 0 Å². The first-order valence-corrected chi connectivity index (χ1v) is 8.85. The number of non-ortho nitro benzene ring substituents is 1. The molecule has 1 aliphatic carbocycles. The average molecular weight is 347 g/mol. The Morgan fingerprint density at radius 2 is 2.32 bits per heavy atom. The van der Waals surface area contributed by atoms with Crippen molar-refractivity contribution in [3.63, 3.8) is 0 Å². The Labute approximate surface area is 147 Å². The lowest BCUT2D eigenvalue weighted by atomic mass is 9.78. The summed E-state index contributed by atoms with van der Waals surface area (Å²) in [7, 11) is 0. The third kappa shape index (κ3) is 4.16. The lowest BCUT2D eigenvalue weighted by molar-refractivity contribution is -0.384. The van der Waals surface area contributed by atoms with Crippen LogP contribution in [-0.2, 0) is 16.1 Å². The van der Waals surface area contributed by atoms with E-state index < -0.39 is 0 Å². The number of rotatable bonds is 4. The maximum atomic E-state index is 11.6. The average Bonchev–Trinajstić information content (AvgIpc) is 2.57. The predicted molar refractivity (Wildman–Crippen MR) is 93.1 cm³/mol. The third-order valence-corrected chi connectivity index (χ3v) is 5.17. The van der Waals surface area contributed by atoms with Gasteiger partial charge >= 0.3 is 0 Å². The van der Waals surface area contributed by atoms with Crippen molar-refractivity contribution in [1.82, 2.24) is 10.2 Å². The second-order valence-electron chi connectivity index (χ2n) is 7.05. The van der Waals surface area contributed by atoms with Gasteiger partial charge in [-0.2, -0.15) is 0 Å². The smallest absolute Gasteiger partial charge is 0.269 e. The summed E-state index contributed by atoms with van der Waals surface area (Å²) in [4.78, 5) is 24.5. The summed E-state index contributed by atoms with van der Waals surface area (Å²) in [6.07, 6.45) is 4.06. The van der Waals surface area contributed by atoms with E-state index in [0.29, 0.717) is 13.2 Å². The van der Waals surface area contributed by atoms with Crippen molar-refractivity contribution in [3.8, 4) is 0 Å². The van der Waals surface area contributed by atoms with E-state index in [4.69, 9.17) is 4.74 Å². The molecule has 0 aromatic heterocycles. The molecule has 1 N–H and O–H groups in total. The molecular weight excluding hydrogens is 322 g/mol. The van der Waals surface area contributed by atoms with E-state index in [1.165, 1.54) is 6.07 Å². The number of hydrogen-bond acceptors (Lipinski definition) is 5. The van der Waals surface area contributed by atoms with Crippen molar-refractivity contribution in [2.24, 2.45) is 0 Å². The number of carbonyl (C=O) groups excluding carboxylic acids is 1. The number of amides is 1. The Balaban J connectivity index is 1.72. The zero-order valence-electron chi connectivity index (χ0n) is 14.6. The first-order valence-electron chi connectivity index (χ1n) is 8.85. The molecule has 0 unspecified atom stereocenters. The van der Waals surface area contributed by atoms with Gasteiger partial charge in [0.05, 0.1) is 17.6 Å². The minimum absolute atomic E-state index is 0.0225. The van der Waals surface area contributed by atoms with Crippen LogP contribution in [0.15, 0.2) is 24.3 Å². The van der Waals surface area contributed by atoms with Crippen molar-refractivity contribution in [3.05, 3.63) is 39.9 Å². The van der Waals surface area contributed by atoms with Gasteiger partial charge < -0.3 is 10.1 Å². The molecule has 7 heteroatoms. The van der Waals surface area contributed by atoms with Crippen LogP contribution in [0.1, 0.15) is 38.2 Å². The number of ether oxygens (including phenoxy) is 1. The summed E-state index contributed by atoms with van der Waals surface area (Å²) in [6, 6.07) is 6.82. The molecule has 0 radical (unpaired) electrons. The summed E-state index contributed by atoms with van der Waals surface area (Å²) >= 11 is 0. The number of nitrogens with one attached hydrogen (secondary N) is 1. The highest BCUT2D eigenvalue weighted by molar-refractivity contribution is 5.73. The van der Waals surface area contributed by atoms with Gasteiger partial charge in [0, 0.05) is 38.7 Å². The molecule has 7 nitrogen and oxygen atoms in total. The van der Waals surface area contributed by atoms with E-state index in [-0.39, 0.29) is 28.2 Å². The van der Waals surface area contributed by atoms with Gasteiger partial charge in [0.1, 0.15) is 5.60 Å². The highest BCUT2D eigenvalue weighted by Gasteiger charge is 2.45. The van der Waals surface area contributed by atoms with E-state index in [2.05, 4.69) is 10.2 Å². The Bertz CT molecular complexity index is 647. The predicted octanol–water partition coefficient (Wildman–Crippen LogP) is 2.24. The molecule has 25 heavy (non-hydrogen) atoms. The van der Waals surface area contributed by atoms with Crippen LogP contribution < -0.4 is 5.32 Å². The van der Waals surface area contributed by atoms with Crippen LogP contribution in [0.2, 0.25) is 0 Å². The lowest BCUT2D eigenvalue weighted by Gasteiger charge is -2.49. The molecule has 1 aliphatic heterocycles. The number of nitro groups is 1. The number of nitrogens with zero attached hydrogens (tertiary/aromatic N) is 2. The molecular formula is C18H25N3O4. The van der Waals surface area contributed by atoms with Crippen molar-refractivity contribution in [2.75, 3.05) is 19.7 Å². The summed E-state index contributed by atoms with van der Waals surface area (Å²) in [5.41, 5.74) is 0.704. The van der Waals surface area contributed by atoms with Gasteiger partial charge in [-0.15, -0.1) is 0 Å². The van der Waals surface area contributed by atoms with Gasteiger partial charge in [-0.05, 0) is 18.4 Å². The molecule has 3 rings (SSSR count). The maximum absolute atomic E-state index is 11.6. The van der Waals surface area contributed by atoms with Crippen molar-refractivity contribution < 1.29 is 14.5 Å². The molecule has 1 aromatic rings. The van der Waals surface area contributed by atoms with Crippen LogP contribution in [-0.4, -0.2) is 47.1 Å². The Kier molecular flexibility index (Phi) is 5.34. The molecule has 1 saturated carbocycles. The first kappa shape index (κ1) is 17.8. The monoisotopic (exact) mass is 347 g/mol. The third-order valence-electron chi connectivity index (χ3n) is 5.17. The molecule has 1 amide bonds. The zero-order chi connectivity index (χ0) is 17.9. The Hall–Kier alpha value is -1.99. The fraction of sp³-hybridized carbons (Fsp3) is 0.611. The molecule has 136 valence electrons.